The molecule has 0 radical (unpaired) electrons. The molecule has 2 heterocycles. The molecule has 0 bridgehead atoms. The summed E-state index contributed by atoms with van der Waals surface area (Å²) in [5.74, 6) is -0.262. The number of rotatable bonds is 3. The minimum Gasteiger partial charge on any atom is -0.368 e. The zero-order valence-electron chi connectivity index (χ0n) is 10.3. The number of amides is 1. The van der Waals surface area contributed by atoms with Crippen molar-refractivity contribution < 1.29 is 4.79 Å². The van der Waals surface area contributed by atoms with E-state index in [0.29, 0.717) is 12.1 Å². The fraction of sp³-hybridized carbons (Fsp3) is 0.917. The van der Waals surface area contributed by atoms with E-state index in [2.05, 4.69) is 10.2 Å². The smallest absolute Gasteiger partial charge is 0.237 e. The van der Waals surface area contributed by atoms with Crippen molar-refractivity contribution in [2.24, 2.45) is 5.73 Å². The molecule has 92 valence electrons. The summed E-state index contributed by atoms with van der Waals surface area (Å²) in [4.78, 5) is 13.9. The van der Waals surface area contributed by atoms with Crippen LogP contribution in [0.3, 0.4) is 0 Å². The highest BCUT2D eigenvalue weighted by atomic mass is 16.1. The van der Waals surface area contributed by atoms with Gasteiger partial charge >= 0.3 is 0 Å². The highest BCUT2D eigenvalue weighted by Gasteiger charge is 2.39. The van der Waals surface area contributed by atoms with Gasteiger partial charge in [0.15, 0.2) is 0 Å². The first-order valence-corrected chi connectivity index (χ1v) is 6.32. The van der Waals surface area contributed by atoms with E-state index in [1.807, 2.05) is 13.8 Å². The van der Waals surface area contributed by atoms with E-state index in [1.54, 1.807) is 0 Å². The predicted molar refractivity (Wildman–Crippen MR) is 64.0 cm³/mol. The number of nitrogens with one attached hydrogen (secondary N) is 1. The molecule has 4 heteroatoms. The first kappa shape index (κ1) is 11.9. The third-order valence-electron chi connectivity index (χ3n) is 4.02. The lowest BCUT2D eigenvalue weighted by Gasteiger charge is -2.35. The number of primary amides is 1. The predicted octanol–water partition coefficient (Wildman–Crippen LogP) is 0.467. The van der Waals surface area contributed by atoms with Crippen LogP contribution in [0.5, 0.6) is 0 Å². The first-order chi connectivity index (χ1) is 7.50. The maximum atomic E-state index is 11.3. The Kier molecular flexibility index (Phi) is 3.22. The molecule has 2 saturated heterocycles. The third-order valence-corrected chi connectivity index (χ3v) is 4.02. The van der Waals surface area contributed by atoms with Crippen LogP contribution in [0.1, 0.15) is 39.5 Å². The molecule has 1 amide bonds. The number of carbonyl (C=O) groups is 1. The Morgan fingerprint density at radius 3 is 2.75 bits per heavy atom. The number of nitrogens with zero attached hydrogens (tertiary/aromatic N) is 1. The molecule has 16 heavy (non-hydrogen) atoms. The number of piperidine rings is 1. The van der Waals surface area contributed by atoms with Gasteiger partial charge in [0.05, 0.1) is 5.54 Å². The van der Waals surface area contributed by atoms with Gasteiger partial charge in [-0.2, -0.15) is 0 Å². The van der Waals surface area contributed by atoms with Crippen molar-refractivity contribution in [3.63, 3.8) is 0 Å². The standard InChI is InChI=1S/C12H23N3O/c1-12(2,11(13)16)14-9-6-8-15-7-4-3-5-10(9)15/h9-10,14H,3-8H2,1-2H3,(H2,13,16). The minimum atomic E-state index is -0.585. The SMILES string of the molecule is CC(C)(NC1CCN2CCCCC12)C(N)=O. The fourth-order valence-electron chi connectivity index (χ4n) is 2.95. The van der Waals surface area contributed by atoms with E-state index in [0.717, 1.165) is 13.0 Å². The van der Waals surface area contributed by atoms with Gasteiger partial charge in [0, 0.05) is 18.6 Å². The van der Waals surface area contributed by atoms with Gasteiger partial charge in [-0.3, -0.25) is 15.0 Å². The van der Waals surface area contributed by atoms with E-state index >= 15 is 0 Å². The summed E-state index contributed by atoms with van der Waals surface area (Å²) in [6.07, 6.45) is 5.03. The molecule has 0 saturated carbocycles. The summed E-state index contributed by atoms with van der Waals surface area (Å²) in [6, 6.07) is 1.05. The van der Waals surface area contributed by atoms with Crippen LogP contribution in [0, 0.1) is 0 Å². The average Bonchev–Trinajstić information content (AvgIpc) is 2.61. The summed E-state index contributed by atoms with van der Waals surface area (Å²) in [7, 11) is 0. The second-order valence-corrected chi connectivity index (χ2v) is 5.63. The van der Waals surface area contributed by atoms with E-state index in [-0.39, 0.29) is 5.91 Å². The lowest BCUT2D eigenvalue weighted by molar-refractivity contribution is -0.123. The van der Waals surface area contributed by atoms with Gasteiger partial charge in [0.1, 0.15) is 0 Å². The monoisotopic (exact) mass is 225 g/mol. The van der Waals surface area contributed by atoms with Crippen molar-refractivity contribution in [3.8, 4) is 0 Å². The Morgan fingerprint density at radius 2 is 2.06 bits per heavy atom. The molecule has 0 aliphatic carbocycles. The van der Waals surface area contributed by atoms with Crippen molar-refractivity contribution >= 4 is 5.91 Å². The first-order valence-electron chi connectivity index (χ1n) is 6.32. The Morgan fingerprint density at radius 1 is 1.31 bits per heavy atom. The maximum absolute atomic E-state index is 11.3. The Bertz CT molecular complexity index is 277. The van der Waals surface area contributed by atoms with Gasteiger partial charge in [-0.25, -0.2) is 0 Å². The summed E-state index contributed by atoms with van der Waals surface area (Å²) in [6.45, 7) is 6.14. The van der Waals surface area contributed by atoms with Crippen molar-refractivity contribution in [2.75, 3.05) is 13.1 Å². The van der Waals surface area contributed by atoms with Gasteiger partial charge in [-0.05, 0) is 39.7 Å². The lowest BCUT2D eigenvalue weighted by Crippen LogP contribution is -2.57. The molecule has 2 aliphatic rings. The average molecular weight is 225 g/mol. The van der Waals surface area contributed by atoms with Crippen LogP contribution >= 0.6 is 0 Å². The molecule has 2 aliphatic heterocycles. The Balaban J connectivity index is 1.98. The number of hydrogen-bond donors (Lipinski definition) is 2. The molecule has 2 rings (SSSR count). The Hall–Kier alpha value is -0.610. The van der Waals surface area contributed by atoms with E-state index in [4.69, 9.17) is 5.73 Å². The Labute approximate surface area is 97.6 Å². The number of carbonyl (C=O) groups excluding carboxylic acids is 1. The van der Waals surface area contributed by atoms with Crippen molar-refractivity contribution in [2.45, 2.75) is 57.2 Å². The minimum absolute atomic E-state index is 0.262. The van der Waals surface area contributed by atoms with Gasteiger partial charge in [-0.15, -0.1) is 0 Å². The molecule has 4 nitrogen and oxygen atoms in total. The molecule has 2 fully saturated rings. The zero-order valence-corrected chi connectivity index (χ0v) is 10.3. The van der Waals surface area contributed by atoms with Crippen LogP contribution in [0.15, 0.2) is 0 Å². The van der Waals surface area contributed by atoms with Crippen LogP contribution < -0.4 is 11.1 Å². The van der Waals surface area contributed by atoms with Crippen LogP contribution in [-0.2, 0) is 4.79 Å². The van der Waals surface area contributed by atoms with Gasteiger partial charge in [-0.1, -0.05) is 6.42 Å². The zero-order chi connectivity index (χ0) is 11.8. The molecule has 2 atom stereocenters. The van der Waals surface area contributed by atoms with Gasteiger partial charge < -0.3 is 5.73 Å². The fourth-order valence-corrected chi connectivity index (χ4v) is 2.95. The molecule has 0 spiro atoms. The van der Waals surface area contributed by atoms with Crippen LogP contribution in [0.25, 0.3) is 0 Å². The number of nitrogens with two attached hydrogens (primary N) is 1. The summed E-state index contributed by atoms with van der Waals surface area (Å²) in [5, 5.41) is 3.44. The lowest BCUT2D eigenvalue weighted by atomic mass is 9.95. The molecule has 0 aromatic rings. The highest BCUT2D eigenvalue weighted by Crippen LogP contribution is 2.28. The van der Waals surface area contributed by atoms with Gasteiger partial charge in [0.25, 0.3) is 0 Å². The second kappa shape index (κ2) is 4.34. The number of hydrogen-bond acceptors (Lipinski definition) is 3. The number of fused-ring (bicyclic) bond motifs is 1. The maximum Gasteiger partial charge on any atom is 0.237 e. The highest BCUT2D eigenvalue weighted by molar-refractivity contribution is 5.83. The molecular formula is C12H23N3O. The molecule has 0 aromatic heterocycles. The van der Waals surface area contributed by atoms with Crippen LogP contribution in [-0.4, -0.2) is 41.5 Å². The van der Waals surface area contributed by atoms with Crippen LogP contribution in [0.2, 0.25) is 0 Å². The van der Waals surface area contributed by atoms with Crippen molar-refractivity contribution in [3.05, 3.63) is 0 Å². The van der Waals surface area contributed by atoms with E-state index < -0.39 is 5.54 Å². The van der Waals surface area contributed by atoms with E-state index in [1.165, 1.54) is 25.8 Å². The summed E-state index contributed by atoms with van der Waals surface area (Å²) < 4.78 is 0. The molecule has 3 N–H and O–H groups in total. The molecule has 2 unspecified atom stereocenters. The summed E-state index contributed by atoms with van der Waals surface area (Å²) >= 11 is 0. The quantitative estimate of drug-likeness (QED) is 0.734. The van der Waals surface area contributed by atoms with Crippen molar-refractivity contribution in [1.29, 1.82) is 0 Å². The van der Waals surface area contributed by atoms with Gasteiger partial charge in [0.2, 0.25) is 5.91 Å². The second-order valence-electron chi connectivity index (χ2n) is 5.63. The van der Waals surface area contributed by atoms with E-state index in [9.17, 15) is 4.79 Å². The van der Waals surface area contributed by atoms with Crippen molar-refractivity contribution in [1.82, 2.24) is 10.2 Å². The van der Waals surface area contributed by atoms with Crippen LogP contribution in [0.4, 0.5) is 0 Å². The molecule has 0 aromatic carbocycles. The molecular weight excluding hydrogens is 202 g/mol. The third kappa shape index (κ3) is 2.23. The topological polar surface area (TPSA) is 58.4 Å². The normalized spacial score (nSPS) is 31.4. The largest absolute Gasteiger partial charge is 0.368 e. The summed E-state index contributed by atoms with van der Waals surface area (Å²) in [5.41, 5.74) is 4.82.